The molecule has 0 aromatic heterocycles. The molecule has 1 heterocycles. The zero-order valence-corrected chi connectivity index (χ0v) is 12.4. The van der Waals surface area contributed by atoms with Crippen molar-refractivity contribution in [1.82, 2.24) is 10.6 Å². The minimum atomic E-state index is -0.539. The molecular formula is C16H24N2O2. The van der Waals surface area contributed by atoms with Crippen LogP contribution in [0.5, 0.6) is 0 Å². The third kappa shape index (κ3) is 3.58. The quantitative estimate of drug-likeness (QED) is 0.884. The topological polar surface area (TPSA) is 50.4 Å². The van der Waals surface area contributed by atoms with Crippen molar-refractivity contribution in [2.24, 2.45) is 0 Å². The fourth-order valence-corrected chi connectivity index (χ4v) is 2.81. The summed E-state index contributed by atoms with van der Waals surface area (Å²) in [5.74, 6) is -0.0631. The Hall–Kier alpha value is -1.39. The van der Waals surface area contributed by atoms with Gasteiger partial charge in [-0.25, -0.2) is 0 Å². The molecule has 0 bridgehead atoms. The van der Waals surface area contributed by atoms with Gasteiger partial charge in [-0.3, -0.25) is 4.79 Å². The number of nitrogens with one attached hydrogen (secondary N) is 2. The second kappa shape index (κ2) is 6.86. The van der Waals surface area contributed by atoms with Gasteiger partial charge in [-0.05, 0) is 32.3 Å². The van der Waals surface area contributed by atoms with Gasteiger partial charge < -0.3 is 15.4 Å². The summed E-state index contributed by atoms with van der Waals surface area (Å²) in [7, 11) is 1.57. The highest BCUT2D eigenvalue weighted by Gasteiger charge is 2.29. The summed E-state index contributed by atoms with van der Waals surface area (Å²) in [6, 6.07) is 10.6. The average molecular weight is 276 g/mol. The number of amides is 1. The lowest BCUT2D eigenvalue weighted by molar-refractivity contribution is -0.132. The van der Waals surface area contributed by atoms with Gasteiger partial charge in [0.1, 0.15) is 0 Å². The van der Waals surface area contributed by atoms with Crippen LogP contribution in [-0.4, -0.2) is 31.1 Å². The minimum Gasteiger partial charge on any atom is -0.367 e. The van der Waals surface area contributed by atoms with E-state index in [9.17, 15) is 4.79 Å². The standard InChI is InChI=1S/C16H24N2O2/c1-11-9-10-14(12(2)17-11)18-16(19)15(20-3)13-7-5-4-6-8-13/h4-8,11-12,14-15,17H,9-10H2,1-3H3,(H,18,19). The number of carbonyl (C=O) groups is 1. The first kappa shape index (κ1) is 15.0. The summed E-state index contributed by atoms with van der Waals surface area (Å²) < 4.78 is 5.36. The van der Waals surface area contributed by atoms with Crippen molar-refractivity contribution in [2.45, 2.75) is 50.9 Å². The van der Waals surface area contributed by atoms with Crippen molar-refractivity contribution in [1.29, 1.82) is 0 Å². The number of piperidine rings is 1. The van der Waals surface area contributed by atoms with Crippen molar-refractivity contribution in [3.8, 4) is 0 Å². The van der Waals surface area contributed by atoms with Crippen LogP contribution in [0.3, 0.4) is 0 Å². The number of hydrogen-bond donors (Lipinski definition) is 2. The van der Waals surface area contributed by atoms with Gasteiger partial charge in [-0.2, -0.15) is 0 Å². The molecule has 4 nitrogen and oxygen atoms in total. The van der Waals surface area contributed by atoms with Crippen LogP contribution in [0.4, 0.5) is 0 Å². The van der Waals surface area contributed by atoms with Crippen LogP contribution in [0.25, 0.3) is 0 Å². The summed E-state index contributed by atoms with van der Waals surface area (Å²) in [6.07, 6.45) is 1.55. The molecule has 1 aliphatic rings. The Kier molecular flexibility index (Phi) is 5.15. The van der Waals surface area contributed by atoms with E-state index in [0.717, 1.165) is 18.4 Å². The van der Waals surface area contributed by atoms with Crippen LogP contribution in [0.1, 0.15) is 38.4 Å². The molecule has 110 valence electrons. The van der Waals surface area contributed by atoms with Crippen LogP contribution in [0.2, 0.25) is 0 Å². The molecule has 1 aliphatic heterocycles. The SMILES string of the molecule is COC(C(=O)NC1CCC(C)NC1C)c1ccccc1. The maximum Gasteiger partial charge on any atom is 0.254 e. The largest absolute Gasteiger partial charge is 0.367 e. The number of benzene rings is 1. The molecule has 1 amide bonds. The van der Waals surface area contributed by atoms with Crippen LogP contribution in [0, 0.1) is 0 Å². The van der Waals surface area contributed by atoms with E-state index >= 15 is 0 Å². The first-order valence-corrected chi connectivity index (χ1v) is 7.26. The predicted octanol–water partition coefficient (Wildman–Crippen LogP) is 2.02. The van der Waals surface area contributed by atoms with Gasteiger partial charge >= 0.3 is 0 Å². The van der Waals surface area contributed by atoms with E-state index in [1.807, 2.05) is 30.3 Å². The Morgan fingerprint density at radius 1 is 1.30 bits per heavy atom. The Morgan fingerprint density at radius 2 is 2.00 bits per heavy atom. The molecule has 20 heavy (non-hydrogen) atoms. The molecule has 0 aliphatic carbocycles. The van der Waals surface area contributed by atoms with E-state index in [-0.39, 0.29) is 18.0 Å². The van der Waals surface area contributed by atoms with Crippen LogP contribution in [0.15, 0.2) is 30.3 Å². The highest BCUT2D eigenvalue weighted by Crippen LogP contribution is 2.19. The Morgan fingerprint density at radius 3 is 2.60 bits per heavy atom. The monoisotopic (exact) mass is 276 g/mol. The summed E-state index contributed by atoms with van der Waals surface area (Å²) >= 11 is 0. The summed E-state index contributed by atoms with van der Waals surface area (Å²) in [5, 5.41) is 6.59. The molecule has 2 N–H and O–H groups in total. The van der Waals surface area contributed by atoms with E-state index in [4.69, 9.17) is 4.74 Å². The molecule has 0 saturated carbocycles. The van der Waals surface area contributed by atoms with Gasteiger partial charge in [-0.15, -0.1) is 0 Å². The van der Waals surface area contributed by atoms with E-state index in [1.54, 1.807) is 7.11 Å². The Labute approximate surface area is 120 Å². The third-order valence-corrected chi connectivity index (χ3v) is 3.97. The molecule has 0 radical (unpaired) electrons. The van der Waals surface area contributed by atoms with Crippen molar-refractivity contribution in [2.75, 3.05) is 7.11 Å². The second-order valence-electron chi connectivity index (χ2n) is 5.58. The van der Waals surface area contributed by atoms with E-state index in [0.29, 0.717) is 6.04 Å². The highest BCUT2D eigenvalue weighted by molar-refractivity contribution is 5.82. The summed E-state index contributed by atoms with van der Waals surface area (Å²) in [4.78, 5) is 12.4. The number of methoxy groups -OCH3 is 1. The van der Waals surface area contributed by atoms with Crippen LogP contribution in [-0.2, 0) is 9.53 Å². The fraction of sp³-hybridized carbons (Fsp3) is 0.562. The molecule has 1 fully saturated rings. The summed E-state index contributed by atoms with van der Waals surface area (Å²) in [5.41, 5.74) is 0.886. The molecule has 0 spiro atoms. The Bertz CT molecular complexity index is 435. The smallest absolute Gasteiger partial charge is 0.254 e. The molecule has 4 unspecified atom stereocenters. The van der Waals surface area contributed by atoms with Crippen LogP contribution >= 0.6 is 0 Å². The molecule has 4 atom stereocenters. The maximum atomic E-state index is 12.4. The number of carbonyl (C=O) groups excluding carboxylic acids is 1. The van der Waals surface area contributed by atoms with Gasteiger partial charge in [-0.1, -0.05) is 30.3 Å². The minimum absolute atomic E-state index is 0.0631. The zero-order chi connectivity index (χ0) is 14.5. The lowest BCUT2D eigenvalue weighted by Gasteiger charge is -2.35. The Balaban J connectivity index is 1.99. The molecule has 1 aromatic carbocycles. The molecular weight excluding hydrogens is 252 g/mol. The first-order valence-electron chi connectivity index (χ1n) is 7.26. The number of hydrogen-bond acceptors (Lipinski definition) is 3. The van der Waals surface area contributed by atoms with E-state index in [2.05, 4.69) is 24.5 Å². The second-order valence-corrected chi connectivity index (χ2v) is 5.58. The predicted molar refractivity (Wildman–Crippen MR) is 79.4 cm³/mol. The van der Waals surface area contributed by atoms with Crippen molar-refractivity contribution >= 4 is 5.91 Å². The van der Waals surface area contributed by atoms with Gasteiger partial charge in [0.2, 0.25) is 0 Å². The number of ether oxygens (including phenoxy) is 1. The molecule has 1 aromatic rings. The fourth-order valence-electron chi connectivity index (χ4n) is 2.81. The molecule has 1 saturated heterocycles. The van der Waals surface area contributed by atoms with Gasteiger partial charge in [0.25, 0.3) is 5.91 Å². The normalized spacial score (nSPS) is 27.9. The molecule has 2 rings (SSSR count). The number of rotatable bonds is 4. The van der Waals surface area contributed by atoms with Gasteiger partial charge in [0.15, 0.2) is 6.10 Å². The average Bonchev–Trinajstić information content (AvgIpc) is 2.44. The van der Waals surface area contributed by atoms with Crippen LogP contribution < -0.4 is 10.6 Å². The lowest BCUT2D eigenvalue weighted by atomic mass is 9.95. The van der Waals surface area contributed by atoms with E-state index in [1.165, 1.54) is 0 Å². The first-order chi connectivity index (χ1) is 9.61. The molecule has 4 heteroatoms. The zero-order valence-electron chi connectivity index (χ0n) is 12.4. The van der Waals surface area contributed by atoms with Gasteiger partial charge in [0, 0.05) is 25.2 Å². The van der Waals surface area contributed by atoms with Crippen molar-refractivity contribution in [3.05, 3.63) is 35.9 Å². The lowest BCUT2D eigenvalue weighted by Crippen LogP contribution is -2.55. The van der Waals surface area contributed by atoms with Gasteiger partial charge in [0.05, 0.1) is 0 Å². The van der Waals surface area contributed by atoms with Crippen molar-refractivity contribution < 1.29 is 9.53 Å². The van der Waals surface area contributed by atoms with E-state index < -0.39 is 6.10 Å². The third-order valence-electron chi connectivity index (χ3n) is 3.97. The maximum absolute atomic E-state index is 12.4. The summed E-state index contributed by atoms with van der Waals surface area (Å²) in [6.45, 7) is 4.29. The van der Waals surface area contributed by atoms with Crippen molar-refractivity contribution in [3.63, 3.8) is 0 Å². The highest BCUT2D eigenvalue weighted by atomic mass is 16.5.